The molecule has 0 aromatic heterocycles. The largest absolute Gasteiger partial charge is 0.478 e. The van der Waals surface area contributed by atoms with E-state index in [1.807, 2.05) is 18.2 Å². The van der Waals surface area contributed by atoms with Gasteiger partial charge in [0.25, 0.3) is 0 Å². The molecule has 3 aromatic rings. The SMILES string of the molecule is CC(C)(C)OC(=O)N(C[C@@H](O)c1ccc(Cl)cc1)[C@H]1CCc2ccc(-c3ccc(C(=O)O)c(F)c3)cc2C1. The minimum absolute atomic E-state index is 0.0537. The van der Waals surface area contributed by atoms with Gasteiger partial charge in [0.15, 0.2) is 0 Å². The summed E-state index contributed by atoms with van der Waals surface area (Å²) in [7, 11) is 0. The van der Waals surface area contributed by atoms with E-state index in [0.717, 1.165) is 23.1 Å². The third kappa shape index (κ3) is 6.52. The molecule has 0 bridgehead atoms. The van der Waals surface area contributed by atoms with Gasteiger partial charge in [-0.2, -0.15) is 0 Å². The number of hydrogen-bond donors (Lipinski definition) is 2. The number of benzene rings is 3. The van der Waals surface area contributed by atoms with E-state index in [4.69, 9.17) is 21.4 Å². The van der Waals surface area contributed by atoms with Gasteiger partial charge in [-0.05, 0) is 92.1 Å². The van der Waals surface area contributed by atoms with Gasteiger partial charge < -0.3 is 19.8 Å². The number of halogens is 2. The monoisotopic (exact) mass is 539 g/mol. The number of aryl methyl sites for hydroxylation is 1. The summed E-state index contributed by atoms with van der Waals surface area (Å²) in [6, 6.07) is 16.6. The zero-order valence-corrected chi connectivity index (χ0v) is 22.3. The summed E-state index contributed by atoms with van der Waals surface area (Å²) in [5.41, 5.74) is 3.04. The van der Waals surface area contributed by atoms with Crippen molar-refractivity contribution in [1.29, 1.82) is 0 Å². The molecule has 0 fully saturated rings. The number of aromatic carboxylic acids is 1. The second-order valence-electron chi connectivity index (χ2n) is 10.6. The van der Waals surface area contributed by atoms with E-state index in [2.05, 4.69) is 0 Å². The molecule has 1 aliphatic rings. The number of carbonyl (C=O) groups is 2. The molecule has 200 valence electrons. The van der Waals surface area contributed by atoms with Crippen molar-refractivity contribution in [3.63, 3.8) is 0 Å². The Morgan fingerprint density at radius 2 is 1.71 bits per heavy atom. The molecular weight excluding hydrogens is 509 g/mol. The number of aliphatic hydroxyl groups is 1. The molecule has 0 unspecified atom stereocenters. The highest BCUT2D eigenvalue weighted by molar-refractivity contribution is 6.30. The Labute approximate surface area is 226 Å². The zero-order valence-electron chi connectivity index (χ0n) is 21.6. The van der Waals surface area contributed by atoms with Crippen molar-refractivity contribution in [1.82, 2.24) is 4.90 Å². The molecule has 0 saturated heterocycles. The van der Waals surface area contributed by atoms with Crippen molar-refractivity contribution in [2.75, 3.05) is 6.54 Å². The Hall–Kier alpha value is -3.42. The average Bonchev–Trinajstić information content (AvgIpc) is 2.85. The summed E-state index contributed by atoms with van der Waals surface area (Å²) >= 11 is 5.99. The van der Waals surface area contributed by atoms with Crippen molar-refractivity contribution >= 4 is 23.7 Å². The van der Waals surface area contributed by atoms with Crippen LogP contribution in [0.15, 0.2) is 60.7 Å². The lowest BCUT2D eigenvalue weighted by molar-refractivity contribution is 0.00194. The fourth-order valence-electron chi connectivity index (χ4n) is 4.72. The summed E-state index contributed by atoms with van der Waals surface area (Å²) in [5.74, 6) is -2.11. The normalized spacial score (nSPS) is 15.9. The number of ether oxygens (including phenoxy) is 1. The number of hydrogen-bond acceptors (Lipinski definition) is 4. The number of fused-ring (bicyclic) bond motifs is 1. The number of carbonyl (C=O) groups excluding carboxylic acids is 1. The maximum absolute atomic E-state index is 14.3. The first kappa shape index (κ1) is 27.6. The minimum Gasteiger partial charge on any atom is -0.478 e. The zero-order chi connectivity index (χ0) is 27.6. The number of carboxylic acids is 1. The summed E-state index contributed by atoms with van der Waals surface area (Å²) < 4.78 is 20.0. The molecule has 6 nitrogen and oxygen atoms in total. The first-order valence-corrected chi connectivity index (χ1v) is 12.9. The van der Waals surface area contributed by atoms with Crippen LogP contribution in [0.3, 0.4) is 0 Å². The predicted molar refractivity (Wildman–Crippen MR) is 144 cm³/mol. The van der Waals surface area contributed by atoms with E-state index in [-0.39, 0.29) is 18.2 Å². The van der Waals surface area contributed by atoms with E-state index < -0.39 is 29.6 Å². The third-order valence-corrected chi connectivity index (χ3v) is 6.89. The van der Waals surface area contributed by atoms with Crippen LogP contribution in [0.4, 0.5) is 9.18 Å². The predicted octanol–water partition coefficient (Wildman–Crippen LogP) is 6.67. The quantitative estimate of drug-likeness (QED) is 0.365. The van der Waals surface area contributed by atoms with Gasteiger partial charge in [-0.15, -0.1) is 0 Å². The van der Waals surface area contributed by atoms with Crippen LogP contribution in [0.5, 0.6) is 0 Å². The smallest absolute Gasteiger partial charge is 0.410 e. The van der Waals surface area contributed by atoms with Crippen molar-refractivity contribution < 1.29 is 28.9 Å². The van der Waals surface area contributed by atoms with Crippen LogP contribution in [0, 0.1) is 5.82 Å². The second-order valence-corrected chi connectivity index (χ2v) is 11.0. The molecule has 1 amide bonds. The number of nitrogens with zero attached hydrogens (tertiary/aromatic N) is 1. The van der Waals surface area contributed by atoms with Gasteiger partial charge in [0, 0.05) is 11.1 Å². The van der Waals surface area contributed by atoms with Crippen LogP contribution in [0.2, 0.25) is 5.02 Å². The van der Waals surface area contributed by atoms with E-state index >= 15 is 0 Å². The molecule has 0 aliphatic heterocycles. The molecule has 0 radical (unpaired) electrons. The van der Waals surface area contributed by atoms with E-state index in [1.165, 1.54) is 12.1 Å². The van der Waals surface area contributed by atoms with Crippen LogP contribution >= 0.6 is 11.6 Å². The Kier molecular flexibility index (Phi) is 8.09. The summed E-state index contributed by atoms with van der Waals surface area (Å²) in [5, 5.41) is 20.6. The molecule has 0 spiro atoms. The number of aliphatic hydroxyl groups excluding tert-OH is 1. The highest BCUT2D eigenvalue weighted by Crippen LogP contribution is 2.32. The van der Waals surface area contributed by atoms with Gasteiger partial charge in [0.05, 0.1) is 18.2 Å². The Morgan fingerprint density at radius 3 is 2.34 bits per heavy atom. The van der Waals surface area contributed by atoms with Crippen LogP contribution in [-0.4, -0.2) is 45.4 Å². The van der Waals surface area contributed by atoms with Crippen molar-refractivity contribution in [2.45, 2.75) is 57.8 Å². The molecule has 4 rings (SSSR count). The molecular formula is C30H31ClFNO5. The van der Waals surface area contributed by atoms with Crippen LogP contribution in [0.1, 0.15) is 60.3 Å². The molecule has 8 heteroatoms. The van der Waals surface area contributed by atoms with Gasteiger partial charge >= 0.3 is 12.1 Å². The van der Waals surface area contributed by atoms with Crippen LogP contribution in [0.25, 0.3) is 11.1 Å². The maximum Gasteiger partial charge on any atom is 0.410 e. The Balaban J connectivity index is 1.60. The van der Waals surface area contributed by atoms with E-state index in [0.29, 0.717) is 29.0 Å². The topological polar surface area (TPSA) is 87.1 Å². The minimum atomic E-state index is -1.31. The van der Waals surface area contributed by atoms with Gasteiger partial charge in [0.2, 0.25) is 0 Å². The number of carboxylic acid groups (broad SMARTS) is 1. The lowest BCUT2D eigenvalue weighted by atomic mass is 9.85. The summed E-state index contributed by atoms with van der Waals surface area (Å²) in [6.07, 6.45) is 0.527. The lowest BCUT2D eigenvalue weighted by Crippen LogP contribution is -2.47. The highest BCUT2D eigenvalue weighted by Gasteiger charge is 2.33. The lowest BCUT2D eigenvalue weighted by Gasteiger charge is -2.37. The van der Waals surface area contributed by atoms with E-state index in [1.54, 1.807) is 56.0 Å². The number of amides is 1. The van der Waals surface area contributed by atoms with Crippen LogP contribution in [-0.2, 0) is 17.6 Å². The standard InChI is InChI=1S/C30H31ClFNO5/c1-30(2,3)38-29(37)33(17-27(34)19-6-10-23(31)11-7-19)24-12-8-18-4-5-20(14-22(18)15-24)21-9-13-25(28(35)36)26(32)16-21/h4-7,9-11,13-14,16,24,27,34H,8,12,15,17H2,1-3H3,(H,35,36)/t24-,27+/m0/s1. The maximum atomic E-state index is 14.3. The highest BCUT2D eigenvalue weighted by atomic mass is 35.5. The van der Waals surface area contributed by atoms with E-state index in [9.17, 15) is 19.1 Å². The van der Waals surface area contributed by atoms with Gasteiger partial charge in [-0.3, -0.25) is 0 Å². The van der Waals surface area contributed by atoms with Gasteiger partial charge in [0.1, 0.15) is 11.4 Å². The second kappa shape index (κ2) is 11.1. The first-order valence-electron chi connectivity index (χ1n) is 12.5. The molecule has 2 atom stereocenters. The Bertz CT molecular complexity index is 1340. The van der Waals surface area contributed by atoms with Gasteiger partial charge in [-0.1, -0.05) is 48.0 Å². The van der Waals surface area contributed by atoms with Crippen molar-refractivity contribution in [3.05, 3.63) is 93.8 Å². The average molecular weight is 540 g/mol. The number of rotatable bonds is 6. The fourth-order valence-corrected chi connectivity index (χ4v) is 4.85. The van der Waals surface area contributed by atoms with Crippen molar-refractivity contribution in [3.8, 4) is 11.1 Å². The van der Waals surface area contributed by atoms with Crippen molar-refractivity contribution in [2.24, 2.45) is 0 Å². The molecule has 0 saturated carbocycles. The third-order valence-electron chi connectivity index (χ3n) is 6.63. The summed E-state index contributed by atoms with van der Waals surface area (Å²) in [4.78, 5) is 26.1. The molecule has 3 aromatic carbocycles. The summed E-state index contributed by atoms with van der Waals surface area (Å²) in [6.45, 7) is 5.46. The van der Waals surface area contributed by atoms with Crippen LogP contribution < -0.4 is 0 Å². The molecule has 38 heavy (non-hydrogen) atoms. The first-order chi connectivity index (χ1) is 17.9. The Morgan fingerprint density at radius 1 is 1.05 bits per heavy atom. The molecule has 0 heterocycles. The molecule has 2 N–H and O–H groups in total. The molecule has 1 aliphatic carbocycles. The fraction of sp³-hybridized carbons (Fsp3) is 0.333. The van der Waals surface area contributed by atoms with Gasteiger partial charge in [-0.25, -0.2) is 14.0 Å².